The Labute approximate surface area is 153 Å². The van der Waals surface area contributed by atoms with Crippen LogP contribution < -0.4 is 5.73 Å². The Balaban J connectivity index is 1.77. The normalized spacial score (nSPS) is 24.4. The number of fused-ring (bicyclic) bond motifs is 1. The van der Waals surface area contributed by atoms with Gasteiger partial charge in [-0.25, -0.2) is 9.80 Å². The van der Waals surface area contributed by atoms with Crippen LogP contribution in [0, 0.1) is 5.92 Å². The molecule has 0 unspecified atom stereocenters. The lowest BCUT2D eigenvalue weighted by atomic mass is 9.83. The van der Waals surface area contributed by atoms with Crippen molar-refractivity contribution < 1.29 is 4.79 Å². The van der Waals surface area contributed by atoms with Crippen molar-refractivity contribution in [2.24, 2.45) is 16.8 Å². The van der Waals surface area contributed by atoms with Crippen LogP contribution in [0.3, 0.4) is 0 Å². The molecule has 26 heavy (non-hydrogen) atoms. The summed E-state index contributed by atoms with van der Waals surface area (Å²) < 4.78 is 0. The van der Waals surface area contributed by atoms with Crippen LogP contribution in [0.2, 0.25) is 0 Å². The lowest BCUT2D eigenvalue weighted by Gasteiger charge is -2.33. The van der Waals surface area contributed by atoms with Crippen molar-refractivity contribution in [3.8, 4) is 0 Å². The highest BCUT2D eigenvalue weighted by Gasteiger charge is 2.44. The van der Waals surface area contributed by atoms with Crippen molar-refractivity contribution in [2.75, 3.05) is 20.1 Å². The van der Waals surface area contributed by atoms with Gasteiger partial charge in [-0.2, -0.15) is 5.10 Å². The largest absolute Gasteiger partial charge is 0.350 e. The second-order valence-corrected chi connectivity index (χ2v) is 6.91. The molecule has 4 rings (SSSR count). The van der Waals surface area contributed by atoms with E-state index in [1.54, 1.807) is 0 Å². The van der Waals surface area contributed by atoms with Gasteiger partial charge in [-0.05, 0) is 29.8 Å². The van der Waals surface area contributed by atoms with Crippen molar-refractivity contribution in [3.63, 3.8) is 0 Å². The molecule has 1 fully saturated rings. The van der Waals surface area contributed by atoms with Crippen LogP contribution in [0.1, 0.15) is 17.2 Å². The number of amides is 2. The van der Waals surface area contributed by atoms with Gasteiger partial charge in [0.1, 0.15) is 0 Å². The van der Waals surface area contributed by atoms with Crippen LogP contribution in [0.25, 0.3) is 6.08 Å². The number of primary amides is 1. The smallest absolute Gasteiger partial charge is 0.335 e. The molecule has 0 radical (unpaired) electrons. The number of likely N-dealkylation sites (tertiary alicyclic amines) is 1. The molecule has 2 amide bonds. The first-order valence-corrected chi connectivity index (χ1v) is 8.80. The third-order valence-corrected chi connectivity index (χ3v) is 5.00. The predicted octanol–water partition coefficient (Wildman–Crippen LogP) is 3.12. The first-order chi connectivity index (χ1) is 12.6. The number of nitrogens with zero attached hydrogens (tertiary/aromatic N) is 3. The minimum absolute atomic E-state index is 0.110. The number of carbonyl (C=O) groups is 1. The number of piperidine rings is 1. The maximum Gasteiger partial charge on any atom is 0.335 e. The van der Waals surface area contributed by atoms with Crippen LogP contribution >= 0.6 is 0 Å². The van der Waals surface area contributed by atoms with Crippen LogP contribution in [-0.2, 0) is 0 Å². The van der Waals surface area contributed by atoms with E-state index in [-0.39, 0.29) is 12.0 Å². The van der Waals surface area contributed by atoms with Gasteiger partial charge in [-0.3, -0.25) is 0 Å². The van der Waals surface area contributed by atoms with Crippen molar-refractivity contribution in [1.29, 1.82) is 0 Å². The molecule has 2 aliphatic heterocycles. The number of urea groups is 1. The second kappa shape index (κ2) is 6.77. The number of carbonyl (C=O) groups excluding carboxylic acids is 1. The number of hydrogen-bond acceptors (Lipinski definition) is 3. The Morgan fingerprint density at radius 3 is 2.42 bits per heavy atom. The number of hydrazone groups is 1. The maximum absolute atomic E-state index is 12.1. The van der Waals surface area contributed by atoms with E-state index in [4.69, 9.17) is 5.73 Å². The summed E-state index contributed by atoms with van der Waals surface area (Å²) in [6.07, 6.45) is 2.16. The molecule has 2 aromatic carbocycles. The van der Waals surface area contributed by atoms with E-state index in [1.165, 1.54) is 5.01 Å². The molecule has 2 N–H and O–H groups in total. The summed E-state index contributed by atoms with van der Waals surface area (Å²) in [6, 6.07) is 19.5. The number of nitrogens with two attached hydrogens (primary N) is 1. The van der Waals surface area contributed by atoms with Gasteiger partial charge in [0, 0.05) is 19.0 Å². The van der Waals surface area contributed by atoms with E-state index >= 15 is 0 Å². The van der Waals surface area contributed by atoms with Gasteiger partial charge < -0.3 is 10.6 Å². The molecule has 1 saturated heterocycles. The first-order valence-electron chi connectivity index (χ1n) is 8.80. The average molecular weight is 346 g/mol. The molecular formula is C21H22N4O. The Morgan fingerprint density at radius 1 is 1.12 bits per heavy atom. The first kappa shape index (κ1) is 16.5. The summed E-state index contributed by atoms with van der Waals surface area (Å²) in [6.45, 7) is 1.65. The van der Waals surface area contributed by atoms with Gasteiger partial charge in [-0.15, -0.1) is 0 Å². The molecule has 0 aliphatic carbocycles. The SMILES string of the molecule is CN1C/C(=C\c2ccccc2)C2=NN(C(N)=O)[C@H](c3ccccc3)[C@@H]2C1. The molecule has 5 heteroatoms. The zero-order valence-corrected chi connectivity index (χ0v) is 14.7. The molecule has 2 aliphatic rings. The zero-order chi connectivity index (χ0) is 18.1. The molecule has 0 aromatic heterocycles. The Kier molecular flexibility index (Phi) is 4.31. The fraction of sp³-hybridized carbons (Fsp3) is 0.238. The third kappa shape index (κ3) is 3.02. The fourth-order valence-corrected chi connectivity index (χ4v) is 3.91. The van der Waals surface area contributed by atoms with Gasteiger partial charge in [-0.1, -0.05) is 60.7 Å². The standard InChI is InChI=1S/C21H22N4O/c1-24-13-17(12-15-8-4-2-5-9-15)19-18(14-24)20(25(23-19)21(22)26)16-10-6-3-7-11-16/h2-12,18,20H,13-14H2,1H3,(H2,22,26)/b17-12+/t18-,20-/m1/s1. The highest BCUT2D eigenvalue weighted by molar-refractivity contribution is 6.08. The topological polar surface area (TPSA) is 61.9 Å². The molecule has 132 valence electrons. The molecule has 2 heterocycles. The van der Waals surface area contributed by atoms with Gasteiger partial charge >= 0.3 is 6.03 Å². The third-order valence-electron chi connectivity index (χ3n) is 5.00. The molecular weight excluding hydrogens is 324 g/mol. The maximum atomic E-state index is 12.1. The number of hydrogen-bond donors (Lipinski definition) is 1. The van der Waals surface area contributed by atoms with E-state index < -0.39 is 6.03 Å². The van der Waals surface area contributed by atoms with E-state index in [2.05, 4.69) is 35.3 Å². The van der Waals surface area contributed by atoms with E-state index in [1.807, 2.05) is 48.5 Å². The predicted molar refractivity (Wildman–Crippen MR) is 103 cm³/mol. The summed E-state index contributed by atoms with van der Waals surface area (Å²) in [5.74, 6) is 0.110. The number of likely N-dealkylation sites (N-methyl/N-ethyl adjacent to an activating group) is 1. The van der Waals surface area contributed by atoms with Crippen LogP contribution in [0.15, 0.2) is 71.3 Å². The minimum Gasteiger partial charge on any atom is -0.350 e. The van der Waals surface area contributed by atoms with Gasteiger partial charge in [0.15, 0.2) is 0 Å². The molecule has 2 atom stereocenters. The van der Waals surface area contributed by atoms with E-state index in [0.717, 1.165) is 35.5 Å². The highest BCUT2D eigenvalue weighted by atomic mass is 16.2. The summed E-state index contributed by atoms with van der Waals surface area (Å²) in [5, 5.41) is 6.11. The highest BCUT2D eigenvalue weighted by Crippen LogP contribution is 2.40. The van der Waals surface area contributed by atoms with E-state index in [9.17, 15) is 4.79 Å². The monoisotopic (exact) mass is 346 g/mol. The van der Waals surface area contributed by atoms with Gasteiger partial charge in [0.25, 0.3) is 0 Å². The quantitative estimate of drug-likeness (QED) is 0.908. The number of benzene rings is 2. The Hall–Kier alpha value is -2.92. The van der Waals surface area contributed by atoms with Crippen LogP contribution in [0.4, 0.5) is 4.79 Å². The van der Waals surface area contributed by atoms with Crippen molar-refractivity contribution in [2.45, 2.75) is 6.04 Å². The molecule has 0 bridgehead atoms. The summed E-state index contributed by atoms with van der Waals surface area (Å²) >= 11 is 0. The van der Waals surface area contributed by atoms with Crippen molar-refractivity contribution >= 4 is 17.8 Å². The second-order valence-electron chi connectivity index (χ2n) is 6.91. The lowest BCUT2D eigenvalue weighted by molar-refractivity contribution is 0.176. The number of rotatable bonds is 2. The van der Waals surface area contributed by atoms with Gasteiger partial charge in [0.2, 0.25) is 0 Å². The minimum atomic E-state index is -0.512. The lowest BCUT2D eigenvalue weighted by Crippen LogP contribution is -2.42. The summed E-state index contributed by atoms with van der Waals surface area (Å²) in [4.78, 5) is 14.4. The summed E-state index contributed by atoms with van der Waals surface area (Å²) in [5.41, 5.74) is 9.96. The Bertz CT molecular complexity index is 860. The van der Waals surface area contributed by atoms with E-state index in [0.29, 0.717) is 0 Å². The zero-order valence-electron chi connectivity index (χ0n) is 14.7. The average Bonchev–Trinajstić information content (AvgIpc) is 3.03. The van der Waals surface area contributed by atoms with Crippen LogP contribution in [0.5, 0.6) is 0 Å². The molecule has 2 aromatic rings. The van der Waals surface area contributed by atoms with Gasteiger partial charge in [0.05, 0.1) is 11.8 Å². The fourth-order valence-electron chi connectivity index (χ4n) is 3.91. The van der Waals surface area contributed by atoms with Crippen LogP contribution in [-0.4, -0.2) is 41.8 Å². The van der Waals surface area contributed by atoms with Crippen molar-refractivity contribution in [3.05, 3.63) is 77.4 Å². The summed E-state index contributed by atoms with van der Waals surface area (Å²) in [7, 11) is 2.10. The Morgan fingerprint density at radius 2 is 1.77 bits per heavy atom. The molecule has 0 spiro atoms. The molecule has 0 saturated carbocycles. The molecule has 5 nitrogen and oxygen atoms in total. The van der Waals surface area contributed by atoms with Crippen molar-refractivity contribution in [1.82, 2.24) is 9.91 Å².